The van der Waals surface area contributed by atoms with Crippen LogP contribution in [0.2, 0.25) is 0 Å². The molecule has 2 fully saturated rings. The molecule has 1 heterocycles. The Morgan fingerprint density at radius 3 is 2.67 bits per heavy atom. The Bertz CT molecular complexity index is 389. The lowest BCUT2D eigenvalue weighted by molar-refractivity contribution is -0.189. The number of nitrogens with zero attached hydrogens (tertiary/aromatic N) is 1. The number of esters is 1. The maximum absolute atomic E-state index is 12.9. The molecule has 2 aliphatic rings. The minimum atomic E-state index is -4.14. The highest BCUT2D eigenvalue weighted by Gasteiger charge is 2.46. The van der Waals surface area contributed by atoms with Gasteiger partial charge in [0.2, 0.25) is 0 Å². The molecule has 2 N–H and O–H groups in total. The van der Waals surface area contributed by atoms with Crippen LogP contribution in [0.4, 0.5) is 13.2 Å². The van der Waals surface area contributed by atoms with Crippen LogP contribution in [0.1, 0.15) is 38.5 Å². The molecule has 21 heavy (non-hydrogen) atoms. The Morgan fingerprint density at radius 2 is 2.05 bits per heavy atom. The van der Waals surface area contributed by atoms with Gasteiger partial charge in [-0.1, -0.05) is 0 Å². The standard InChI is InChI=1S/C14H23F3N2O2/c1-21-12(20)13(18)6-2-5-11(8-13)19-7-3-4-10(9-19)14(15,16)17/h10-11H,2-9,18H2,1H3. The highest BCUT2D eigenvalue weighted by molar-refractivity contribution is 5.80. The van der Waals surface area contributed by atoms with Crippen LogP contribution in [-0.2, 0) is 9.53 Å². The van der Waals surface area contributed by atoms with E-state index in [1.807, 2.05) is 4.90 Å². The number of alkyl halides is 3. The van der Waals surface area contributed by atoms with Crippen molar-refractivity contribution in [1.29, 1.82) is 0 Å². The second-order valence-corrected chi connectivity index (χ2v) is 6.27. The summed E-state index contributed by atoms with van der Waals surface area (Å²) >= 11 is 0. The van der Waals surface area contributed by atoms with Gasteiger partial charge in [0.15, 0.2) is 0 Å². The second kappa shape index (κ2) is 6.12. The summed E-state index contributed by atoms with van der Waals surface area (Å²) in [5, 5.41) is 0. The minimum Gasteiger partial charge on any atom is -0.468 e. The summed E-state index contributed by atoms with van der Waals surface area (Å²) in [5.41, 5.74) is 5.05. The number of piperidine rings is 1. The quantitative estimate of drug-likeness (QED) is 0.794. The van der Waals surface area contributed by atoms with Gasteiger partial charge in [0.25, 0.3) is 0 Å². The molecule has 0 aromatic carbocycles. The van der Waals surface area contributed by atoms with Crippen molar-refractivity contribution in [1.82, 2.24) is 4.90 Å². The van der Waals surface area contributed by atoms with E-state index in [-0.39, 0.29) is 19.0 Å². The van der Waals surface area contributed by atoms with Crippen LogP contribution >= 0.6 is 0 Å². The van der Waals surface area contributed by atoms with Crippen molar-refractivity contribution < 1.29 is 22.7 Å². The van der Waals surface area contributed by atoms with Crippen LogP contribution in [0, 0.1) is 5.92 Å². The van der Waals surface area contributed by atoms with Crippen LogP contribution in [0.5, 0.6) is 0 Å². The lowest BCUT2D eigenvalue weighted by Gasteiger charge is -2.44. The largest absolute Gasteiger partial charge is 0.468 e. The van der Waals surface area contributed by atoms with E-state index in [4.69, 9.17) is 10.5 Å². The van der Waals surface area contributed by atoms with Gasteiger partial charge >= 0.3 is 12.1 Å². The molecule has 7 heteroatoms. The maximum Gasteiger partial charge on any atom is 0.393 e. The monoisotopic (exact) mass is 308 g/mol. The Morgan fingerprint density at radius 1 is 1.33 bits per heavy atom. The number of halogens is 3. The highest BCUT2D eigenvalue weighted by atomic mass is 19.4. The van der Waals surface area contributed by atoms with Crippen molar-refractivity contribution in [3.05, 3.63) is 0 Å². The fourth-order valence-corrected chi connectivity index (χ4v) is 3.58. The van der Waals surface area contributed by atoms with Gasteiger partial charge in [0, 0.05) is 12.6 Å². The first-order valence-electron chi connectivity index (χ1n) is 7.44. The summed E-state index contributed by atoms with van der Waals surface area (Å²) in [7, 11) is 1.29. The summed E-state index contributed by atoms with van der Waals surface area (Å²) in [5.74, 6) is -1.73. The van der Waals surface area contributed by atoms with Crippen molar-refractivity contribution in [2.24, 2.45) is 11.7 Å². The molecule has 0 aromatic heterocycles. The number of ether oxygens (including phenoxy) is 1. The number of carbonyl (C=O) groups is 1. The molecule has 0 amide bonds. The SMILES string of the molecule is COC(=O)C1(N)CCCC(N2CCCC(C(F)(F)F)C2)C1. The average molecular weight is 308 g/mol. The van der Waals surface area contributed by atoms with E-state index in [9.17, 15) is 18.0 Å². The number of hydrogen-bond acceptors (Lipinski definition) is 4. The lowest BCUT2D eigenvalue weighted by atomic mass is 9.78. The number of carbonyl (C=O) groups excluding carboxylic acids is 1. The lowest BCUT2D eigenvalue weighted by Crippen LogP contribution is -2.57. The third-order valence-electron chi connectivity index (χ3n) is 4.78. The van der Waals surface area contributed by atoms with Crippen LogP contribution in [-0.4, -0.2) is 48.8 Å². The van der Waals surface area contributed by atoms with Crippen LogP contribution < -0.4 is 5.73 Å². The van der Waals surface area contributed by atoms with E-state index in [1.54, 1.807) is 0 Å². The van der Waals surface area contributed by atoms with Crippen LogP contribution in [0.3, 0.4) is 0 Å². The maximum atomic E-state index is 12.9. The van der Waals surface area contributed by atoms with Crippen molar-refractivity contribution in [2.75, 3.05) is 20.2 Å². The molecule has 1 saturated heterocycles. The number of hydrogen-bond donors (Lipinski definition) is 1. The zero-order chi connectivity index (χ0) is 15.7. The molecular formula is C14H23F3N2O2. The van der Waals surface area contributed by atoms with Gasteiger partial charge in [0.05, 0.1) is 13.0 Å². The number of rotatable bonds is 2. The second-order valence-electron chi connectivity index (χ2n) is 6.27. The van der Waals surface area contributed by atoms with Crippen molar-refractivity contribution >= 4 is 5.97 Å². The molecule has 3 atom stereocenters. The predicted octanol–water partition coefficient (Wildman–Crippen LogP) is 2.07. The predicted molar refractivity (Wildman–Crippen MR) is 71.5 cm³/mol. The minimum absolute atomic E-state index is 0.0193. The zero-order valence-corrected chi connectivity index (χ0v) is 12.3. The molecule has 0 radical (unpaired) electrons. The number of nitrogens with two attached hydrogens (primary N) is 1. The third kappa shape index (κ3) is 3.69. The zero-order valence-electron chi connectivity index (χ0n) is 12.3. The van der Waals surface area contributed by atoms with Crippen molar-refractivity contribution in [3.8, 4) is 0 Å². The first kappa shape index (κ1) is 16.5. The molecule has 0 bridgehead atoms. The molecule has 2 rings (SSSR count). The molecule has 1 aliphatic carbocycles. The molecular weight excluding hydrogens is 285 g/mol. The van der Waals surface area contributed by atoms with Crippen molar-refractivity contribution in [3.63, 3.8) is 0 Å². The Labute approximate surface area is 122 Å². The summed E-state index contributed by atoms with van der Waals surface area (Å²) in [6.45, 7) is 0.667. The molecule has 1 saturated carbocycles. The number of likely N-dealkylation sites (tertiary alicyclic amines) is 1. The van der Waals surface area contributed by atoms with Crippen molar-refractivity contribution in [2.45, 2.75) is 56.3 Å². The average Bonchev–Trinajstić information content (AvgIpc) is 2.45. The molecule has 0 spiro atoms. The van der Waals surface area contributed by atoms with E-state index in [0.29, 0.717) is 25.8 Å². The van der Waals surface area contributed by atoms with E-state index in [1.165, 1.54) is 7.11 Å². The summed E-state index contributed by atoms with van der Waals surface area (Å²) in [4.78, 5) is 13.7. The first-order chi connectivity index (χ1) is 9.76. The normalized spacial score (nSPS) is 35.5. The van der Waals surface area contributed by atoms with Crippen LogP contribution in [0.25, 0.3) is 0 Å². The molecule has 3 unspecified atom stereocenters. The van der Waals surface area contributed by atoms with Gasteiger partial charge < -0.3 is 10.5 Å². The molecule has 1 aliphatic heterocycles. The van der Waals surface area contributed by atoms with E-state index in [0.717, 1.165) is 12.8 Å². The first-order valence-corrected chi connectivity index (χ1v) is 7.44. The molecule has 122 valence electrons. The molecule has 0 aromatic rings. The van der Waals surface area contributed by atoms with Gasteiger partial charge in [-0.2, -0.15) is 13.2 Å². The number of methoxy groups -OCH3 is 1. The summed E-state index contributed by atoms with van der Waals surface area (Å²) in [6.07, 6.45) is -0.968. The Kier molecular flexibility index (Phi) is 4.82. The Hall–Kier alpha value is -0.820. The highest BCUT2D eigenvalue weighted by Crippen LogP contribution is 2.37. The van der Waals surface area contributed by atoms with E-state index in [2.05, 4.69) is 0 Å². The van der Waals surface area contributed by atoms with Crippen LogP contribution in [0.15, 0.2) is 0 Å². The van der Waals surface area contributed by atoms with Gasteiger partial charge in [-0.15, -0.1) is 0 Å². The van der Waals surface area contributed by atoms with Gasteiger partial charge in [0.1, 0.15) is 5.54 Å². The van der Waals surface area contributed by atoms with E-state index < -0.39 is 23.6 Å². The fourth-order valence-electron chi connectivity index (χ4n) is 3.58. The summed E-state index contributed by atoms with van der Waals surface area (Å²) < 4.78 is 43.4. The smallest absolute Gasteiger partial charge is 0.393 e. The van der Waals surface area contributed by atoms with Gasteiger partial charge in [-0.05, 0) is 45.1 Å². The third-order valence-corrected chi connectivity index (χ3v) is 4.78. The molecule has 4 nitrogen and oxygen atoms in total. The fraction of sp³-hybridized carbons (Fsp3) is 0.929. The van der Waals surface area contributed by atoms with Gasteiger partial charge in [-0.3, -0.25) is 9.69 Å². The van der Waals surface area contributed by atoms with E-state index >= 15 is 0 Å². The van der Waals surface area contributed by atoms with Gasteiger partial charge in [-0.25, -0.2) is 0 Å². The topological polar surface area (TPSA) is 55.6 Å². The Balaban J connectivity index is 2.02. The summed E-state index contributed by atoms with van der Waals surface area (Å²) in [6, 6.07) is -0.0620.